The molecule has 1 heterocycles. The zero-order chi connectivity index (χ0) is 16.2. The van der Waals surface area contributed by atoms with Crippen molar-refractivity contribution in [3.63, 3.8) is 0 Å². The molecule has 1 saturated heterocycles. The van der Waals surface area contributed by atoms with Crippen LogP contribution in [0.5, 0.6) is 0 Å². The molecule has 0 unspecified atom stereocenters. The van der Waals surface area contributed by atoms with Crippen molar-refractivity contribution in [2.75, 3.05) is 11.9 Å². The van der Waals surface area contributed by atoms with Gasteiger partial charge in [0.2, 0.25) is 5.91 Å². The smallest absolute Gasteiger partial charge is 0.322 e. The Morgan fingerprint density at radius 3 is 2.65 bits per heavy atom. The number of likely N-dealkylation sites (tertiary alicyclic amines) is 1. The standard InChI is InChI=1S/C18H25N3O2/c1-13-6-4-9-15(12-13)20-18(23)21-11-5-10-16(21)17(22)19-14-7-2-3-8-14/h4,6,9,12,14,16H,2-3,5,7-8,10-11H2,1H3,(H,19,22)(H,20,23)/t16-/m0/s1. The molecule has 1 aliphatic heterocycles. The SMILES string of the molecule is Cc1cccc(NC(=O)N2CCC[C@H]2C(=O)NC2CCCC2)c1. The van der Waals surface area contributed by atoms with E-state index in [1.165, 1.54) is 12.8 Å². The van der Waals surface area contributed by atoms with Crippen LogP contribution in [-0.2, 0) is 4.79 Å². The summed E-state index contributed by atoms with van der Waals surface area (Å²) >= 11 is 0. The normalized spacial score (nSPS) is 21.4. The van der Waals surface area contributed by atoms with Crippen molar-refractivity contribution in [2.45, 2.75) is 57.5 Å². The number of amides is 3. The van der Waals surface area contributed by atoms with Crippen LogP contribution in [0.2, 0.25) is 0 Å². The van der Waals surface area contributed by atoms with E-state index in [0.29, 0.717) is 12.6 Å². The highest BCUT2D eigenvalue weighted by Gasteiger charge is 2.35. The van der Waals surface area contributed by atoms with Gasteiger partial charge in [-0.25, -0.2) is 4.79 Å². The molecule has 2 aliphatic rings. The summed E-state index contributed by atoms with van der Waals surface area (Å²) in [7, 11) is 0. The van der Waals surface area contributed by atoms with Gasteiger partial charge in [-0.2, -0.15) is 0 Å². The second kappa shape index (κ2) is 7.02. The third kappa shape index (κ3) is 3.84. The van der Waals surface area contributed by atoms with Crippen LogP contribution >= 0.6 is 0 Å². The number of nitrogens with one attached hydrogen (secondary N) is 2. The summed E-state index contributed by atoms with van der Waals surface area (Å²) in [5, 5.41) is 6.03. The van der Waals surface area contributed by atoms with Crippen molar-refractivity contribution in [2.24, 2.45) is 0 Å². The van der Waals surface area contributed by atoms with Crippen molar-refractivity contribution in [1.29, 1.82) is 0 Å². The van der Waals surface area contributed by atoms with Crippen LogP contribution in [0.15, 0.2) is 24.3 Å². The average molecular weight is 315 g/mol. The van der Waals surface area contributed by atoms with Crippen molar-refractivity contribution >= 4 is 17.6 Å². The molecule has 124 valence electrons. The van der Waals surface area contributed by atoms with Crippen LogP contribution in [0, 0.1) is 6.92 Å². The Morgan fingerprint density at radius 2 is 1.91 bits per heavy atom. The van der Waals surface area contributed by atoms with E-state index in [1.807, 2.05) is 31.2 Å². The molecule has 3 rings (SSSR count). The summed E-state index contributed by atoms with van der Waals surface area (Å²) in [6.45, 7) is 2.63. The number of rotatable bonds is 3. The van der Waals surface area contributed by atoms with Crippen LogP contribution in [0.4, 0.5) is 10.5 Å². The van der Waals surface area contributed by atoms with Crippen molar-refractivity contribution < 1.29 is 9.59 Å². The quantitative estimate of drug-likeness (QED) is 0.900. The number of hydrogen-bond donors (Lipinski definition) is 2. The lowest BCUT2D eigenvalue weighted by Gasteiger charge is -2.25. The van der Waals surface area contributed by atoms with Crippen molar-refractivity contribution in [3.8, 4) is 0 Å². The van der Waals surface area contributed by atoms with Gasteiger partial charge in [0, 0.05) is 18.3 Å². The third-order valence-electron chi connectivity index (χ3n) is 4.79. The number of anilines is 1. The van der Waals surface area contributed by atoms with E-state index in [4.69, 9.17) is 0 Å². The maximum atomic E-state index is 12.5. The molecule has 2 N–H and O–H groups in total. The van der Waals surface area contributed by atoms with Crippen molar-refractivity contribution in [3.05, 3.63) is 29.8 Å². The fraction of sp³-hybridized carbons (Fsp3) is 0.556. The molecule has 1 aliphatic carbocycles. The number of carbonyl (C=O) groups excluding carboxylic acids is 2. The Labute approximate surface area is 137 Å². The molecule has 0 bridgehead atoms. The molecule has 1 saturated carbocycles. The molecule has 1 aromatic rings. The lowest BCUT2D eigenvalue weighted by atomic mass is 10.1. The second-order valence-electron chi connectivity index (χ2n) is 6.64. The Hall–Kier alpha value is -2.04. The van der Waals surface area contributed by atoms with E-state index in [-0.39, 0.29) is 18.0 Å². The van der Waals surface area contributed by atoms with Crippen LogP contribution < -0.4 is 10.6 Å². The zero-order valence-electron chi connectivity index (χ0n) is 13.7. The fourth-order valence-electron chi connectivity index (χ4n) is 3.57. The molecular formula is C18H25N3O2. The monoisotopic (exact) mass is 315 g/mol. The van der Waals surface area contributed by atoms with Gasteiger partial charge in [0.15, 0.2) is 0 Å². The lowest BCUT2D eigenvalue weighted by molar-refractivity contribution is -0.125. The first-order valence-corrected chi connectivity index (χ1v) is 8.58. The summed E-state index contributed by atoms with van der Waals surface area (Å²) < 4.78 is 0. The van der Waals surface area contributed by atoms with E-state index < -0.39 is 0 Å². The molecule has 2 fully saturated rings. The van der Waals surface area contributed by atoms with Gasteiger partial charge in [0.05, 0.1) is 0 Å². The Morgan fingerprint density at radius 1 is 1.13 bits per heavy atom. The summed E-state index contributed by atoms with van der Waals surface area (Å²) in [5.74, 6) is 0.00814. The summed E-state index contributed by atoms with van der Waals surface area (Å²) in [4.78, 5) is 26.7. The van der Waals surface area contributed by atoms with E-state index in [2.05, 4.69) is 10.6 Å². The Bertz CT molecular complexity index is 581. The maximum absolute atomic E-state index is 12.5. The van der Waals surface area contributed by atoms with Crippen molar-refractivity contribution in [1.82, 2.24) is 10.2 Å². The Kier molecular flexibility index (Phi) is 4.84. The minimum atomic E-state index is -0.333. The first kappa shape index (κ1) is 15.8. The maximum Gasteiger partial charge on any atom is 0.322 e. The fourth-order valence-corrected chi connectivity index (χ4v) is 3.57. The number of urea groups is 1. The van der Waals surface area contributed by atoms with Crippen LogP contribution in [0.25, 0.3) is 0 Å². The average Bonchev–Trinajstić information content (AvgIpc) is 3.18. The highest BCUT2D eigenvalue weighted by molar-refractivity contribution is 5.94. The van der Waals surface area contributed by atoms with E-state index >= 15 is 0 Å². The number of nitrogens with zero attached hydrogens (tertiary/aromatic N) is 1. The number of carbonyl (C=O) groups is 2. The first-order valence-electron chi connectivity index (χ1n) is 8.58. The Balaban J connectivity index is 1.61. The molecule has 3 amide bonds. The molecule has 5 nitrogen and oxygen atoms in total. The van der Waals surface area contributed by atoms with E-state index in [1.54, 1.807) is 4.90 Å². The molecule has 23 heavy (non-hydrogen) atoms. The molecule has 0 spiro atoms. The molecular weight excluding hydrogens is 290 g/mol. The van der Waals surface area contributed by atoms with E-state index in [9.17, 15) is 9.59 Å². The zero-order valence-corrected chi connectivity index (χ0v) is 13.7. The highest BCUT2D eigenvalue weighted by atomic mass is 16.2. The van der Waals surface area contributed by atoms with Gasteiger partial charge in [-0.3, -0.25) is 4.79 Å². The molecule has 0 radical (unpaired) electrons. The van der Waals surface area contributed by atoms with Gasteiger partial charge < -0.3 is 15.5 Å². The second-order valence-corrected chi connectivity index (χ2v) is 6.64. The topological polar surface area (TPSA) is 61.4 Å². The third-order valence-corrected chi connectivity index (χ3v) is 4.79. The van der Waals surface area contributed by atoms with Gasteiger partial charge in [0.1, 0.15) is 6.04 Å². The molecule has 1 atom stereocenters. The number of hydrogen-bond acceptors (Lipinski definition) is 2. The summed E-state index contributed by atoms with van der Waals surface area (Å²) in [6.07, 6.45) is 6.13. The summed E-state index contributed by atoms with van der Waals surface area (Å²) in [5.41, 5.74) is 1.87. The molecule has 1 aromatic carbocycles. The van der Waals surface area contributed by atoms with E-state index in [0.717, 1.165) is 36.9 Å². The number of aryl methyl sites for hydroxylation is 1. The highest BCUT2D eigenvalue weighted by Crippen LogP contribution is 2.22. The summed E-state index contributed by atoms with van der Waals surface area (Å²) in [6, 6.07) is 7.49. The van der Waals surface area contributed by atoms with Crippen LogP contribution in [0.1, 0.15) is 44.1 Å². The first-order chi connectivity index (χ1) is 11.1. The van der Waals surface area contributed by atoms with Crippen LogP contribution in [-0.4, -0.2) is 35.5 Å². The van der Waals surface area contributed by atoms with Gasteiger partial charge in [-0.05, 0) is 50.3 Å². The predicted octanol–water partition coefficient (Wildman–Crippen LogP) is 3.05. The minimum Gasteiger partial charge on any atom is -0.352 e. The van der Waals surface area contributed by atoms with Gasteiger partial charge >= 0.3 is 6.03 Å². The number of benzene rings is 1. The van der Waals surface area contributed by atoms with Gasteiger partial charge in [-0.15, -0.1) is 0 Å². The predicted molar refractivity (Wildman–Crippen MR) is 90.3 cm³/mol. The van der Waals surface area contributed by atoms with Gasteiger partial charge in [-0.1, -0.05) is 25.0 Å². The van der Waals surface area contributed by atoms with Crippen LogP contribution in [0.3, 0.4) is 0 Å². The minimum absolute atomic E-state index is 0.00814. The lowest BCUT2D eigenvalue weighted by Crippen LogP contribution is -2.49. The molecule has 0 aromatic heterocycles. The van der Waals surface area contributed by atoms with Gasteiger partial charge in [0.25, 0.3) is 0 Å². The molecule has 5 heteroatoms. The largest absolute Gasteiger partial charge is 0.352 e.